The van der Waals surface area contributed by atoms with Crippen LogP contribution >= 0.6 is 0 Å². The molecule has 0 spiro atoms. The molecule has 2 aromatic rings. The maximum atomic E-state index is 13.6. The zero-order valence-electron chi connectivity index (χ0n) is 22.9. The molecule has 0 saturated heterocycles. The molecular formula is C32H40O5. The zero-order chi connectivity index (χ0) is 27.3. The number of carboxylic acid groups (broad SMARTS) is 1. The lowest BCUT2D eigenvalue weighted by molar-refractivity contribution is -0.129. The molecule has 37 heavy (non-hydrogen) atoms. The minimum absolute atomic E-state index is 0.0191. The van der Waals surface area contributed by atoms with Gasteiger partial charge in [0, 0.05) is 17.9 Å². The average molecular weight is 505 g/mol. The number of benzene rings is 2. The third kappa shape index (κ3) is 6.44. The highest BCUT2D eigenvalue weighted by Crippen LogP contribution is 2.41. The number of fused-ring (bicyclic) bond motifs is 1. The van der Waals surface area contributed by atoms with Gasteiger partial charge in [0.05, 0.1) is 12.0 Å². The van der Waals surface area contributed by atoms with Gasteiger partial charge in [-0.05, 0) is 91.3 Å². The molecule has 5 heteroatoms. The minimum Gasteiger partial charge on any atom is -0.478 e. The highest BCUT2D eigenvalue weighted by molar-refractivity contribution is 6.02. The van der Waals surface area contributed by atoms with Crippen molar-refractivity contribution in [3.05, 3.63) is 58.1 Å². The first kappa shape index (κ1) is 28.5. The number of rotatable bonds is 12. The topological polar surface area (TPSA) is 88.5 Å². The molecule has 0 bridgehead atoms. The summed E-state index contributed by atoms with van der Waals surface area (Å²) in [6.45, 7) is 9.67. The molecule has 0 aromatic heterocycles. The SMILES string of the molecule is CCCC(CC1CC(=O)c2c(C)c(CC)cc(-c3cccc(C(=O)O)c3)c2C1)C(CC)C(=O)CC(C)=O. The molecule has 0 aliphatic heterocycles. The lowest BCUT2D eigenvalue weighted by Gasteiger charge is -2.33. The summed E-state index contributed by atoms with van der Waals surface area (Å²) in [5.41, 5.74) is 5.88. The van der Waals surface area contributed by atoms with Gasteiger partial charge in [0.1, 0.15) is 11.6 Å². The van der Waals surface area contributed by atoms with Crippen molar-refractivity contribution in [3.63, 3.8) is 0 Å². The number of ketones is 3. The number of hydrogen-bond acceptors (Lipinski definition) is 4. The number of Topliss-reactive ketones (excluding diaryl/α,β-unsaturated/α-hetero) is 3. The normalized spacial score (nSPS) is 16.7. The molecule has 0 saturated carbocycles. The van der Waals surface area contributed by atoms with E-state index < -0.39 is 5.97 Å². The summed E-state index contributed by atoms with van der Waals surface area (Å²) in [6, 6.07) is 9.06. The molecule has 0 fully saturated rings. The Morgan fingerprint density at radius 3 is 2.41 bits per heavy atom. The van der Waals surface area contributed by atoms with Crippen molar-refractivity contribution < 1.29 is 24.3 Å². The summed E-state index contributed by atoms with van der Waals surface area (Å²) in [5.74, 6) is -0.860. The molecule has 0 amide bonds. The minimum atomic E-state index is -0.976. The van der Waals surface area contributed by atoms with Gasteiger partial charge in [-0.15, -0.1) is 0 Å². The van der Waals surface area contributed by atoms with Gasteiger partial charge >= 0.3 is 5.97 Å². The molecule has 1 aliphatic rings. The van der Waals surface area contributed by atoms with Gasteiger partial charge in [0.25, 0.3) is 0 Å². The van der Waals surface area contributed by atoms with Crippen molar-refractivity contribution in [2.45, 2.75) is 86.0 Å². The number of carbonyl (C=O) groups is 4. The molecule has 0 radical (unpaired) electrons. The van der Waals surface area contributed by atoms with Crippen molar-refractivity contribution >= 4 is 23.3 Å². The Morgan fingerprint density at radius 2 is 1.81 bits per heavy atom. The average Bonchev–Trinajstić information content (AvgIpc) is 2.84. The fraction of sp³-hybridized carbons (Fsp3) is 0.500. The van der Waals surface area contributed by atoms with Gasteiger partial charge in [0.2, 0.25) is 0 Å². The van der Waals surface area contributed by atoms with Crippen molar-refractivity contribution in [2.75, 3.05) is 0 Å². The number of carbonyl (C=O) groups excluding carboxylic acids is 3. The van der Waals surface area contributed by atoms with Crippen molar-refractivity contribution in [1.29, 1.82) is 0 Å². The van der Waals surface area contributed by atoms with Gasteiger partial charge in [-0.25, -0.2) is 4.79 Å². The van der Waals surface area contributed by atoms with Crippen LogP contribution in [-0.4, -0.2) is 28.4 Å². The molecule has 1 aliphatic carbocycles. The van der Waals surface area contributed by atoms with E-state index in [-0.39, 0.29) is 47.1 Å². The van der Waals surface area contributed by atoms with E-state index in [0.717, 1.165) is 65.5 Å². The molecule has 3 unspecified atom stereocenters. The largest absolute Gasteiger partial charge is 0.478 e. The molecule has 2 aromatic carbocycles. The summed E-state index contributed by atoms with van der Waals surface area (Å²) in [7, 11) is 0. The maximum Gasteiger partial charge on any atom is 0.335 e. The number of hydrogen-bond donors (Lipinski definition) is 1. The Labute approximate surface area is 220 Å². The lowest BCUT2D eigenvalue weighted by Crippen LogP contribution is -2.30. The summed E-state index contributed by atoms with van der Waals surface area (Å²) in [4.78, 5) is 49.8. The van der Waals surface area contributed by atoms with Crippen LogP contribution in [0.15, 0.2) is 30.3 Å². The number of carboxylic acids is 1. The first-order valence-electron chi connectivity index (χ1n) is 13.6. The van der Waals surface area contributed by atoms with Gasteiger partial charge in [0.15, 0.2) is 5.78 Å². The van der Waals surface area contributed by atoms with Crippen LogP contribution in [0.25, 0.3) is 11.1 Å². The molecule has 3 rings (SSSR count). The quantitative estimate of drug-likeness (QED) is 0.313. The summed E-state index contributed by atoms with van der Waals surface area (Å²) < 4.78 is 0. The second-order valence-corrected chi connectivity index (χ2v) is 10.6. The first-order chi connectivity index (χ1) is 17.6. The van der Waals surface area contributed by atoms with Crippen LogP contribution in [0.5, 0.6) is 0 Å². The number of aromatic carboxylic acids is 1. The third-order valence-corrected chi connectivity index (χ3v) is 7.99. The maximum absolute atomic E-state index is 13.6. The van der Waals surface area contributed by atoms with Crippen molar-refractivity contribution in [3.8, 4) is 11.1 Å². The Morgan fingerprint density at radius 1 is 1.08 bits per heavy atom. The van der Waals surface area contributed by atoms with Crippen molar-refractivity contribution in [1.82, 2.24) is 0 Å². The van der Waals surface area contributed by atoms with E-state index in [1.165, 1.54) is 6.92 Å². The second-order valence-electron chi connectivity index (χ2n) is 10.6. The van der Waals surface area contributed by atoms with E-state index in [2.05, 4.69) is 19.9 Å². The first-order valence-corrected chi connectivity index (χ1v) is 13.6. The Kier molecular flexibility index (Phi) is 9.58. The van der Waals surface area contributed by atoms with E-state index in [0.29, 0.717) is 12.8 Å². The van der Waals surface area contributed by atoms with E-state index >= 15 is 0 Å². The second kappa shape index (κ2) is 12.4. The fourth-order valence-corrected chi connectivity index (χ4v) is 6.30. The summed E-state index contributed by atoms with van der Waals surface area (Å²) >= 11 is 0. The van der Waals surface area contributed by atoms with Gasteiger partial charge in [-0.1, -0.05) is 51.8 Å². The molecule has 0 heterocycles. The fourth-order valence-electron chi connectivity index (χ4n) is 6.30. The Bertz CT molecular complexity index is 1190. The molecule has 198 valence electrons. The van der Waals surface area contributed by atoms with E-state index in [1.54, 1.807) is 18.2 Å². The van der Waals surface area contributed by atoms with Crippen LogP contribution in [0.1, 0.15) is 104 Å². The number of aryl methyl sites for hydroxylation is 1. The Balaban J connectivity index is 2.03. The van der Waals surface area contributed by atoms with E-state index in [1.807, 2.05) is 19.9 Å². The molecule has 1 N–H and O–H groups in total. The van der Waals surface area contributed by atoms with Crippen LogP contribution in [0, 0.1) is 24.7 Å². The molecular weight excluding hydrogens is 464 g/mol. The van der Waals surface area contributed by atoms with Gasteiger partial charge in [-0.3, -0.25) is 14.4 Å². The highest BCUT2D eigenvalue weighted by Gasteiger charge is 2.34. The highest BCUT2D eigenvalue weighted by atomic mass is 16.4. The van der Waals surface area contributed by atoms with Crippen molar-refractivity contribution in [2.24, 2.45) is 17.8 Å². The zero-order valence-corrected chi connectivity index (χ0v) is 22.9. The molecule has 3 atom stereocenters. The van der Waals surface area contributed by atoms with Crippen LogP contribution in [0.2, 0.25) is 0 Å². The van der Waals surface area contributed by atoms with Gasteiger partial charge in [-0.2, -0.15) is 0 Å². The molecule has 5 nitrogen and oxygen atoms in total. The van der Waals surface area contributed by atoms with E-state index in [4.69, 9.17) is 0 Å². The Hall–Kier alpha value is -3.08. The van der Waals surface area contributed by atoms with Crippen LogP contribution in [0.4, 0.5) is 0 Å². The lowest BCUT2D eigenvalue weighted by atomic mass is 9.70. The predicted octanol–water partition coefficient (Wildman–Crippen LogP) is 7.05. The monoisotopic (exact) mass is 504 g/mol. The van der Waals surface area contributed by atoms with E-state index in [9.17, 15) is 24.3 Å². The van der Waals surface area contributed by atoms with Crippen LogP contribution in [0.3, 0.4) is 0 Å². The predicted molar refractivity (Wildman–Crippen MR) is 146 cm³/mol. The van der Waals surface area contributed by atoms with Gasteiger partial charge < -0.3 is 5.11 Å². The summed E-state index contributed by atoms with van der Waals surface area (Å²) in [5, 5.41) is 9.55. The standard InChI is InChI=1S/C32H40O5/c1-6-10-23(26(8-3)29(34)13-19(4)33)14-21-15-28-27(24-11-9-12-25(17-24)32(36)37)18-22(7-2)20(5)31(28)30(35)16-21/h9,11-12,17-18,21,23,26H,6-8,10,13-16H2,1-5H3,(H,36,37). The van der Waals surface area contributed by atoms with Crippen LogP contribution in [-0.2, 0) is 22.4 Å². The van der Waals surface area contributed by atoms with Crippen LogP contribution < -0.4 is 0 Å². The third-order valence-electron chi connectivity index (χ3n) is 7.99. The smallest absolute Gasteiger partial charge is 0.335 e. The summed E-state index contributed by atoms with van der Waals surface area (Å²) in [6.07, 6.45) is 5.23.